The van der Waals surface area contributed by atoms with Gasteiger partial charge in [-0.25, -0.2) is 4.98 Å². The molecule has 8 aromatic carbocycles. The van der Waals surface area contributed by atoms with Crippen molar-refractivity contribution in [3.8, 4) is 44.6 Å². The fourth-order valence-corrected chi connectivity index (χ4v) is 9.77. The van der Waals surface area contributed by atoms with Crippen molar-refractivity contribution in [1.29, 1.82) is 0 Å². The molecule has 11 aromatic rings. The van der Waals surface area contributed by atoms with Gasteiger partial charge in [-0.05, 0) is 128 Å². The van der Waals surface area contributed by atoms with E-state index in [-0.39, 0.29) is 5.41 Å². The molecule has 0 spiro atoms. The van der Waals surface area contributed by atoms with Crippen LogP contribution in [-0.4, -0.2) is 14.4 Å². The molecule has 0 fully saturated rings. The number of para-hydroxylation sites is 1. The highest BCUT2D eigenvalue weighted by molar-refractivity contribution is 6.25. The maximum absolute atomic E-state index is 5.13. The van der Waals surface area contributed by atoms with Crippen LogP contribution in [0.3, 0.4) is 0 Å². The number of hydrogen-bond donors (Lipinski definition) is 0. The predicted molar refractivity (Wildman–Crippen MR) is 254 cm³/mol. The molecule has 0 bridgehead atoms. The molecular weight excluding hydrogens is 741 g/mol. The summed E-state index contributed by atoms with van der Waals surface area (Å²) in [4.78, 5) is 12.2. The quantitative estimate of drug-likeness (QED) is 0.158. The molecule has 61 heavy (non-hydrogen) atoms. The Bertz CT molecular complexity index is 3480. The Morgan fingerprint density at radius 2 is 1.05 bits per heavy atom. The highest BCUT2D eigenvalue weighted by Crippen LogP contribution is 2.50. The second-order valence-electron chi connectivity index (χ2n) is 16.7. The van der Waals surface area contributed by atoms with E-state index in [0.29, 0.717) is 0 Å². The minimum atomic E-state index is -0.0773. The van der Waals surface area contributed by atoms with E-state index in [4.69, 9.17) is 4.98 Å². The van der Waals surface area contributed by atoms with Crippen LogP contribution in [0.1, 0.15) is 25.0 Å². The highest BCUT2D eigenvalue weighted by atomic mass is 15.1. The van der Waals surface area contributed by atoms with Gasteiger partial charge in [0.15, 0.2) is 0 Å². The van der Waals surface area contributed by atoms with Gasteiger partial charge in [0.25, 0.3) is 0 Å². The van der Waals surface area contributed by atoms with Crippen LogP contribution < -0.4 is 4.90 Å². The van der Waals surface area contributed by atoms with Crippen molar-refractivity contribution in [3.63, 3.8) is 0 Å². The van der Waals surface area contributed by atoms with Gasteiger partial charge < -0.3 is 4.90 Å². The first-order chi connectivity index (χ1) is 30.0. The van der Waals surface area contributed by atoms with Crippen LogP contribution in [0.2, 0.25) is 0 Å². The Hall–Kier alpha value is -7.82. The third-order valence-electron chi connectivity index (χ3n) is 12.8. The molecule has 0 unspecified atom stereocenters. The lowest BCUT2D eigenvalue weighted by Crippen LogP contribution is -2.16. The van der Waals surface area contributed by atoms with Crippen LogP contribution >= 0.6 is 0 Å². The summed E-state index contributed by atoms with van der Waals surface area (Å²) in [6, 6.07) is 70.3. The molecule has 0 radical (unpaired) electrons. The molecule has 0 amide bonds. The SMILES string of the molecule is CC1(C)c2ccccc2-c2ccc(N(c3ccccc3)c3ccc(-c4ccc(-c5ccc6c(c5)c5cc(-c7ccccn7)ccc5c5nc7ccccn7c65)cc4)cc3)cc21. The number of nitrogens with zero attached hydrogens (tertiary/aromatic N) is 4. The third-order valence-corrected chi connectivity index (χ3v) is 12.8. The number of benzene rings is 8. The van der Waals surface area contributed by atoms with Crippen LogP contribution in [0, 0.1) is 0 Å². The maximum Gasteiger partial charge on any atom is 0.137 e. The molecule has 12 rings (SSSR count). The van der Waals surface area contributed by atoms with E-state index in [0.717, 1.165) is 50.4 Å². The van der Waals surface area contributed by atoms with Crippen molar-refractivity contribution in [2.24, 2.45) is 0 Å². The number of pyridine rings is 2. The predicted octanol–water partition coefficient (Wildman–Crippen LogP) is 15.0. The summed E-state index contributed by atoms with van der Waals surface area (Å²) in [6.45, 7) is 4.69. The number of aromatic nitrogens is 3. The molecule has 4 heteroatoms. The van der Waals surface area contributed by atoms with Gasteiger partial charge in [-0.15, -0.1) is 0 Å². The zero-order chi connectivity index (χ0) is 40.7. The van der Waals surface area contributed by atoms with Crippen LogP contribution in [0.25, 0.3) is 82.9 Å². The largest absolute Gasteiger partial charge is 0.310 e. The minimum absolute atomic E-state index is 0.0773. The molecule has 4 nitrogen and oxygen atoms in total. The van der Waals surface area contributed by atoms with E-state index in [2.05, 4.69) is 216 Å². The van der Waals surface area contributed by atoms with Crippen LogP contribution in [-0.2, 0) is 5.41 Å². The van der Waals surface area contributed by atoms with Gasteiger partial charge in [-0.2, -0.15) is 0 Å². The Balaban J connectivity index is 0.907. The first-order valence-electron chi connectivity index (χ1n) is 21.0. The second-order valence-corrected chi connectivity index (χ2v) is 16.7. The maximum atomic E-state index is 5.13. The molecule has 0 saturated carbocycles. The van der Waals surface area contributed by atoms with Gasteiger partial charge in [0.1, 0.15) is 5.65 Å². The van der Waals surface area contributed by atoms with E-state index in [1.54, 1.807) is 0 Å². The van der Waals surface area contributed by atoms with Crippen LogP contribution in [0.5, 0.6) is 0 Å². The van der Waals surface area contributed by atoms with Gasteiger partial charge >= 0.3 is 0 Å². The average molecular weight is 781 g/mol. The van der Waals surface area contributed by atoms with Crippen molar-refractivity contribution in [2.75, 3.05) is 4.90 Å². The van der Waals surface area contributed by atoms with Crippen molar-refractivity contribution in [3.05, 3.63) is 218 Å². The molecule has 1 aliphatic rings. The summed E-state index contributed by atoms with van der Waals surface area (Å²) >= 11 is 0. The Kier molecular flexibility index (Phi) is 7.85. The Morgan fingerprint density at radius 3 is 1.85 bits per heavy atom. The van der Waals surface area contributed by atoms with E-state index < -0.39 is 0 Å². The molecular formula is C57H40N4. The summed E-state index contributed by atoms with van der Waals surface area (Å²) in [5, 5.41) is 4.68. The summed E-state index contributed by atoms with van der Waals surface area (Å²) in [5.41, 5.74) is 18.6. The first-order valence-corrected chi connectivity index (χ1v) is 21.0. The van der Waals surface area contributed by atoms with Gasteiger partial charge in [0, 0.05) is 51.2 Å². The molecule has 0 atom stereocenters. The lowest BCUT2D eigenvalue weighted by atomic mass is 9.82. The smallest absolute Gasteiger partial charge is 0.137 e. The highest BCUT2D eigenvalue weighted by Gasteiger charge is 2.35. The van der Waals surface area contributed by atoms with Gasteiger partial charge in [-0.1, -0.05) is 135 Å². The summed E-state index contributed by atoms with van der Waals surface area (Å²) in [6.07, 6.45) is 3.97. The minimum Gasteiger partial charge on any atom is -0.310 e. The Labute approximate surface area is 354 Å². The number of anilines is 3. The monoisotopic (exact) mass is 780 g/mol. The zero-order valence-corrected chi connectivity index (χ0v) is 33.9. The fourth-order valence-electron chi connectivity index (χ4n) is 9.77. The van der Waals surface area contributed by atoms with Crippen LogP contribution in [0.4, 0.5) is 17.1 Å². The van der Waals surface area contributed by atoms with Gasteiger partial charge in [-0.3, -0.25) is 9.38 Å². The Morgan fingerprint density at radius 1 is 0.443 bits per heavy atom. The lowest BCUT2D eigenvalue weighted by Gasteiger charge is -2.28. The van der Waals surface area contributed by atoms with E-state index >= 15 is 0 Å². The first kappa shape index (κ1) is 35.2. The van der Waals surface area contributed by atoms with E-state index in [1.807, 2.05) is 18.3 Å². The van der Waals surface area contributed by atoms with Gasteiger partial charge in [0.2, 0.25) is 0 Å². The topological polar surface area (TPSA) is 33.4 Å². The number of rotatable bonds is 6. The van der Waals surface area contributed by atoms with Gasteiger partial charge in [0.05, 0.1) is 16.7 Å². The number of fused-ring (bicyclic) bond motifs is 11. The zero-order valence-electron chi connectivity index (χ0n) is 33.9. The normalized spacial score (nSPS) is 12.9. The number of hydrogen-bond acceptors (Lipinski definition) is 3. The molecule has 0 saturated heterocycles. The second kappa shape index (κ2) is 13.6. The van der Waals surface area contributed by atoms with Crippen molar-refractivity contribution in [2.45, 2.75) is 19.3 Å². The summed E-state index contributed by atoms with van der Waals surface area (Å²) < 4.78 is 2.22. The summed E-state index contributed by atoms with van der Waals surface area (Å²) in [5.74, 6) is 0. The van der Waals surface area contributed by atoms with Crippen molar-refractivity contribution in [1.82, 2.24) is 14.4 Å². The van der Waals surface area contributed by atoms with E-state index in [9.17, 15) is 0 Å². The van der Waals surface area contributed by atoms with Crippen molar-refractivity contribution >= 4 is 55.3 Å². The summed E-state index contributed by atoms with van der Waals surface area (Å²) in [7, 11) is 0. The standard InChI is InChI=1S/C57H40N4/c1-57(2)51-15-7-6-14-45(51)46-31-28-44(36-52(46)57)61(42-12-4-3-5-13-42)43-26-22-38(23-27-43)37-18-20-39(21-19-37)40-24-30-48-50(34-40)49-35-41(53-16-8-10-32-58-53)25-29-47(49)55-56(48)60-33-11-9-17-54(60)59-55/h3-36H,1-2H3. The number of imidazole rings is 1. The fraction of sp³-hybridized carbons (Fsp3) is 0.0526. The third kappa shape index (κ3) is 5.60. The molecule has 288 valence electrons. The lowest BCUT2D eigenvalue weighted by molar-refractivity contribution is 0.660. The molecule has 0 aliphatic heterocycles. The molecule has 3 heterocycles. The van der Waals surface area contributed by atoms with Crippen molar-refractivity contribution < 1.29 is 0 Å². The molecule has 0 N–H and O–H groups in total. The molecule has 1 aliphatic carbocycles. The average Bonchev–Trinajstić information content (AvgIpc) is 3.82. The molecule has 3 aromatic heterocycles. The van der Waals surface area contributed by atoms with E-state index in [1.165, 1.54) is 60.7 Å². The van der Waals surface area contributed by atoms with Crippen LogP contribution in [0.15, 0.2) is 207 Å².